The van der Waals surface area contributed by atoms with Crippen LogP contribution in [0.3, 0.4) is 0 Å². The minimum absolute atomic E-state index is 0.0206. The first-order valence-electron chi connectivity index (χ1n) is 9.51. The zero-order chi connectivity index (χ0) is 18.9. The van der Waals surface area contributed by atoms with Crippen LogP contribution < -0.4 is 0 Å². The Balaban J connectivity index is 1.76. The molecule has 0 aromatic carbocycles. The number of ketones is 3. The first-order valence-corrected chi connectivity index (χ1v) is 9.51. The van der Waals surface area contributed by atoms with E-state index in [1.54, 1.807) is 12.2 Å². The van der Waals surface area contributed by atoms with Crippen LogP contribution in [-0.2, 0) is 14.4 Å². The molecule has 3 fully saturated rings. The molecule has 0 aromatic heterocycles. The molecule has 5 nitrogen and oxygen atoms in total. The van der Waals surface area contributed by atoms with E-state index in [4.69, 9.17) is 0 Å². The van der Waals surface area contributed by atoms with Crippen LogP contribution in [0.25, 0.3) is 0 Å². The van der Waals surface area contributed by atoms with E-state index in [-0.39, 0.29) is 35.7 Å². The lowest BCUT2D eigenvalue weighted by Gasteiger charge is -2.56. The van der Waals surface area contributed by atoms with E-state index in [0.29, 0.717) is 12.8 Å². The van der Waals surface area contributed by atoms with Crippen molar-refractivity contribution >= 4 is 17.3 Å². The fourth-order valence-electron chi connectivity index (χ4n) is 6.62. The lowest BCUT2D eigenvalue weighted by atomic mass is 9.46. The SMILES string of the molecule is C[C@]12CC(=O)[C@@H]3[C@@H](CCC4=CC(=O)C=C[C@]43C)[C@H]1CC[C@]2(O)C(=O)CO. The molecule has 0 aliphatic heterocycles. The minimum atomic E-state index is -1.62. The van der Waals surface area contributed by atoms with Crippen LogP contribution in [0.1, 0.15) is 46.0 Å². The second kappa shape index (κ2) is 5.46. The van der Waals surface area contributed by atoms with Crippen LogP contribution in [0.4, 0.5) is 0 Å². The summed E-state index contributed by atoms with van der Waals surface area (Å²) in [4.78, 5) is 37.4. The van der Waals surface area contributed by atoms with Crippen molar-refractivity contribution in [3.05, 3.63) is 23.8 Å². The van der Waals surface area contributed by atoms with Gasteiger partial charge in [-0.2, -0.15) is 0 Å². The summed E-state index contributed by atoms with van der Waals surface area (Å²) < 4.78 is 0. The topological polar surface area (TPSA) is 91.7 Å². The predicted molar refractivity (Wildman–Crippen MR) is 94.0 cm³/mol. The van der Waals surface area contributed by atoms with Crippen molar-refractivity contribution in [3.8, 4) is 0 Å². The number of carbonyl (C=O) groups excluding carboxylic acids is 3. The van der Waals surface area contributed by atoms with Crippen molar-refractivity contribution < 1.29 is 24.6 Å². The Kier molecular flexibility index (Phi) is 3.74. The van der Waals surface area contributed by atoms with Gasteiger partial charge >= 0.3 is 0 Å². The highest BCUT2D eigenvalue weighted by molar-refractivity contribution is 6.02. The van der Waals surface area contributed by atoms with Gasteiger partial charge in [-0.15, -0.1) is 0 Å². The van der Waals surface area contributed by atoms with Crippen LogP contribution in [0, 0.1) is 28.6 Å². The van der Waals surface area contributed by atoms with E-state index in [1.165, 1.54) is 0 Å². The number of aliphatic hydroxyl groups is 2. The summed E-state index contributed by atoms with van der Waals surface area (Å²) in [5, 5.41) is 20.5. The van der Waals surface area contributed by atoms with Gasteiger partial charge in [0, 0.05) is 23.2 Å². The first-order chi connectivity index (χ1) is 12.2. The van der Waals surface area contributed by atoms with E-state index in [2.05, 4.69) is 0 Å². The van der Waals surface area contributed by atoms with Crippen LogP contribution in [-0.4, -0.2) is 39.8 Å². The van der Waals surface area contributed by atoms with E-state index in [1.807, 2.05) is 19.9 Å². The van der Waals surface area contributed by atoms with Gasteiger partial charge in [-0.25, -0.2) is 0 Å². The molecule has 0 radical (unpaired) electrons. The molecule has 6 atom stereocenters. The maximum absolute atomic E-state index is 13.3. The summed E-state index contributed by atoms with van der Waals surface area (Å²) >= 11 is 0. The number of allylic oxidation sites excluding steroid dienone is 4. The number of hydrogen-bond acceptors (Lipinski definition) is 5. The van der Waals surface area contributed by atoms with Gasteiger partial charge in [0.15, 0.2) is 11.6 Å². The van der Waals surface area contributed by atoms with Gasteiger partial charge in [0.25, 0.3) is 0 Å². The van der Waals surface area contributed by atoms with Gasteiger partial charge in [-0.1, -0.05) is 25.5 Å². The number of fused-ring (bicyclic) bond motifs is 5. The number of Topliss-reactive ketones (excluding diaryl/α,β-unsaturated/α-hetero) is 2. The fraction of sp³-hybridized carbons (Fsp3) is 0.667. The average molecular weight is 358 g/mol. The van der Waals surface area contributed by atoms with Crippen molar-refractivity contribution in [2.24, 2.45) is 28.6 Å². The molecular formula is C21H26O5. The maximum atomic E-state index is 13.3. The predicted octanol–water partition coefficient (Wildman–Crippen LogP) is 1.77. The molecule has 0 amide bonds. The van der Waals surface area contributed by atoms with Crippen molar-refractivity contribution in [1.82, 2.24) is 0 Å². The minimum Gasteiger partial charge on any atom is -0.388 e. The maximum Gasteiger partial charge on any atom is 0.190 e. The van der Waals surface area contributed by atoms with Crippen LogP contribution >= 0.6 is 0 Å². The summed E-state index contributed by atoms with van der Waals surface area (Å²) in [6.07, 6.45) is 7.82. The molecule has 0 aromatic rings. The smallest absolute Gasteiger partial charge is 0.190 e. The molecule has 0 unspecified atom stereocenters. The zero-order valence-electron chi connectivity index (χ0n) is 15.3. The number of rotatable bonds is 2. The molecule has 2 N–H and O–H groups in total. The number of carbonyl (C=O) groups is 3. The summed E-state index contributed by atoms with van der Waals surface area (Å²) in [7, 11) is 0. The molecule has 0 spiro atoms. The van der Waals surface area contributed by atoms with E-state index >= 15 is 0 Å². The first kappa shape index (κ1) is 17.8. The molecule has 0 saturated heterocycles. The molecule has 140 valence electrons. The van der Waals surface area contributed by atoms with Gasteiger partial charge in [-0.3, -0.25) is 14.4 Å². The van der Waals surface area contributed by atoms with Gasteiger partial charge < -0.3 is 10.2 Å². The van der Waals surface area contributed by atoms with Crippen LogP contribution in [0.15, 0.2) is 23.8 Å². The fourth-order valence-corrected chi connectivity index (χ4v) is 6.62. The Bertz CT molecular complexity index is 764. The molecule has 5 heteroatoms. The summed E-state index contributed by atoms with van der Waals surface area (Å²) in [5.74, 6) is -0.590. The lowest BCUT2D eigenvalue weighted by Crippen LogP contribution is -2.60. The van der Waals surface area contributed by atoms with Crippen molar-refractivity contribution in [3.63, 3.8) is 0 Å². The number of aliphatic hydroxyl groups excluding tert-OH is 1. The quantitative estimate of drug-likeness (QED) is 0.785. The van der Waals surface area contributed by atoms with Gasteiger partial charge in [-0.05, 0) is 49.7 Å². The second-order valence-corrected chi connectivity index (χ2v) is 9.02. The highest BCUT2D eigenvalue weighted by Gasteiger charge is 2.68. The largest absolute Gasteiger partial charge is 0.388 e. The van der Waals surface area contributed by atoms with Gasteiger partial charge in [0.05, 0.1) is 0 Å². The molecule has 4 aliphatic rings. The van der Waals surface area contributed by atoms with Crippen LogP contribution in [0.5, 0.6) is 0 Å². The standard InChI is InChI=1S/C21H26O5/c1-19-7-5-13(23)9-12(19)3-4-14-15-6-8-21(26,17(25)11-22)20(15,2)10-16(24)18(14)19/h5,7,9,14-15,18,22,26H,3-4,6,8,10-11H2,1-2H3/t14-,15+,18-,19+,20-,21-/m0/s1. The number of hydrogen-bond donors (Lipinski definition) is 2. The van der Waals surface area contributed by atoms with E-state index < -0.39 is 28.8 Å². The van der Waals surface area contributed by atoms with Gasteiger partial charge in [0.2, 0.25) is 0 Å². The Morgan fingerprint density at radius 2 is 2.00 bits per heavy atom. The molecule has 4 aliphatic carbocycles. The average Bonchev–Trinajstić information content (AvgIpc) is 2.86. The van der Waals surface area contributed by atoms with Crippen molar-refractivity contribution in [1.29, 1.82) is 0 Å². The Morgan fingerprint density at radius 1 is 1.27 bits per heavy atom. The zero-order valence-corrected chi connectivity index (χ0v) is 15.3. The Morgan fingerprint density at radius 3 is 2.69 bits per heavy atom. The van der Waals surface area contributed by atoms with Crippen molar-refractivity contribution in [2.45, 2.75) is 51.6 Å². The van der Waals surface area contributed by atoms with Gasteiger partial charge in [0.1, 0.15) is 18.0 Å². The molecule has 26 heavy (non-hydrogen) atoms. The normalized spacial score (nSPS) is 47.1. The lowest BCUT2D eigenvalue weighted by molar-refractivity contribution is -0.168. The molecule has 0 heterocycles. The molecule has 0 bridgehead atoms. The van der Waals surface area contributed by atoms with Crippen molar-refractivity contribution in [2.75, 3.05) is 6.61 Å². The van der Waals surface area contributed by atoms with E-state index in [9.17, 15) is 24.6 Å². The third-order valence-corrected chi connectivity index (χ3v) is 8.01. The summed E-state index contributed by atoms with van der Waals surface area (Å²) in [6, 6.07) is 0. The Labute approximate surface area is 153 Å². The molecule has 3 saturated carbocycles. The second-order valence-electron chi connectivity index (χ2n) is 9.02. The highest BCUT2D eigenvalue weighted by atomic mass is 16.3. The summed E-state index contributed by atoms with van der Waals surface area (Å²) in [6.45, 7) is 3.19. The monoisotopic (exact) mass is 358 g/mol. The summed E-state index contributed by atoms with van der Waals surface area (Å²) in [5.41, 5.74) is -1.86. The Hall–Kier alpha value is -1.59. The van der Waals surface area contributed by atoms with E-state index in [0.717, 1.165) is 18.4 Å². The third-order valence-electron chi connectivity index (χ3n) is 8.01. The highest BCUT2D eigenvalue weighted by Crippen LogP contribution is 2.66. The molecular weight excluding hydrogens is 332 g/mol. The third kappa shape index (κ3) is 2.01. The molecule has 4 rings (SSSR count). The van der Waals surface area contributed by atoms with Crippen LogP contribution in [0.2, 0.25) is 0 Å².